The van der Waals surface area contributed by atoms with Crippen molar-refractivity contribution in [1.29, 1.82) is 0 Å². The van der Waals surface area contributed by atoms with Gasteiger partial charge in [0.05, 0.1) is 5.69 Å². The third-order valence-electron chi connectivity index (χ3n) is 3.34. The number of halogens is 1. The predicted octanol–water partition coefficient (Wildman–Crippen LogP) is 2.10. The molecule has 1 rings (SSSR count). The van der Waals surface area contributed by atoms with Gasteiger partial charge in [0.25, 0.3) is 0 Å². The van der Waals surface area contributed by atoms with Gasteiger partial charge in [-0.25, -0.2) is 4.39 Å². The molecule has 0 aliphatic heterocycles. The van der Waals surface area contributed by atoms with E-state index in [1.165, 1.54) is 6.07 Å². The number of nitrogens with two attached hydrogens (primary N) is 1. The molecule has 1 atom stereocenters. The standard InChI is InChI=1S/C15H26FN3/c1-5-13(17)11-12-7-6-8-14(16)15(12)19(4)10-9-18(2)3/h6-8,13H,5,9-11,17H2,1-4H3. The highest BCUT2D eigenvalue weighted by Gasteiger charge is 2.14. The van der Waals surface area contributed by atoms with E-state index < -0.39 is 0 Å². The number of likely N-dealkylation sites (N-methyl/N-ethyl adjacent to an activating group) is 2. The molecule has 108 valence electrons. The topological polar surface area (TPSA) is 32.5 Å². The zero-order chi connectivity index (χ0) is 14.4. The second-order valence-electron chi connectivity index (χ2n) is 5.34. The first-order valence-electron chi connectivity index (χ1n) is 6.84. The summed E-state index contributed by atoms with van der Waals surface area (Å²) in [5.74, 6) is -0.165. The van der Waals surface area contributed by atoms with Crippen molar-refractivity contribution >= 4 is 5.69 Å². The van der Waals surface area contributed by atoms with E-state index in [-0.39, 0.29) is 11.9 Å². The quantitative estimate of drug-likeness (QED) is 0.821. The van der Waals surface area contributed by atoms with E-state index in [1.54, 1.807) is 6.07 Å². The molecular formula is C15H26FN3. The Labute approximate surface area is 116 Å². The Morgan fingerprint density at radius 3 is 2.47 bits per heavy atom. The predicted molar refractivity (Wildman–Crippen MR) is 80.2 cm³/mol. The van der Waals surface area contributed by atoms with Crippen molar-refractivity contribution in [2.45, 2.75) is 25.8 Å². The van der Waals surface area contributed by atoms with Gasteiger partial charge in [0, 0.05) is 26.2 Å². The van der Waals surface area contributed by atoms with Crippen molar-refractivity contribution in [2.24, 2.45) is 5.73 Å². The highest BCUT2D eigenvalue weighted by atomic mass is 19.1. The van der Waals surface area contributed by atoms with Crippen LogP contribution in [0.2, 0.25) is 0 Å². The zero-order valence-corrected chi connectivity index (χ0v) is 12.5. The third-order valence-corrected chi connectivity index (χ3v) is 3.34. The molecule has 0 spiro atoms. The van der Waals surface area contributed by atoms with Crippen LogP contribution in [-0.2, 0) is 6.42 Å². The molecule has 2 N–H and O–H groups in total. The highest BCUT2D eigenvalue weighted by Crippen LogP contribution is 2.24. The summed E-state index contributed by atoms with van der Waals surface area (Å²) >= 11 is 0. The van der Waals surface area contributed by atoms with Crippen LogP contribution in [0.1, 0.15) is 18.9 Å². The Balaban J connectivity index is 2.90. The van der Waals surface area contributed by atoms with E-state index in [9.17, 15) is 4.39 Å². The molecule has 0 bridgehead atoms. The Morgan fingerprint density at radius 2 is 1.89 bits per heavy atom. The van der Waals surface area contributed by atoms with Gasteiger partial charge in [0.15, 0.2) is 0 Å². The first-order chi connectivity index (χ1) is 8.95. The third kappa shape index (κ3) is 4.80. The SMILES string of the molecule is CCC(N)Cc1cccc(F)c1N(C)CCN(C)C. The van der Waals surface area contributed by atoms with Crippen molar-refractivity contribution in [3.05, 3.63) is 29.6 Å². The largest absolute Gasteiger partial charge is 0.371 e. The summed E-state index contributed by atoms with van der Waals surface area (Å²) in [5, 5.41) is 0. The molecule has 0 heterocycles. The van der Waals surface area contributed by atoms with Crippen LogP contribution in [0.3, 0.4) is 0 Å². The second kappa shape index (κ2) is 7.46. The van der Waals surface area contributed by atoms with Gasteiger partial charge in [0.1, 0.15) is 5.82 Å². The minimum Gasteiger partial charge on any atom is -0.371 e. The first-order valence-corrected chi connectivity index (χ1v) is 6.84. The van der Waals surface area contributed by atoms with E-state index in [0.29, 0.717) is 5.69 Å². The number of hydrogen-bond acceptors (Lipinski definition) is 3. The molecule has 0 radical (unpaired) electrons. The Morgan fingerprint density at radius 1 is 1.21 bits per heavy atom. The van der Waals surface area contributed by atoms with Crippen LogP contribution in [0.15, 0.2) is 18.2 Å². The minimum atomic E-state index is -0.165. The smallest absolute Gasteiger partial charge is 0.146 e. The molecule has 3 nitrogen and oxygen atoms in total. The van der Waals surface area contributed by atoms with Crippen LogP contribution in [0.25, 0.3) is 0 Å². The fraction of sp³-hybridized carbons (Fsp3) is 0.600. The van der Waals surface area contributed by atoms with Crippen LogP contribution in [-0.4, -0.2) is 45.2 Å². The van der Waals surface area contributed by atoms with Crippen molar-refractivity contribution in [1.82, 2.24) is 4.90 Å². The number of rotatable bonds is 7. The number of hydrogen-bond donors (Lipinski definition) is 1. The van der Waals surface area contributed by atoms with Crippen LogP contribution < -0.4 is 10.6 Å². The van der Waals surface area contributed by atoms with Crippen molar-refractivity contribution in [3.8, 4) is 0 Å². The average Bonchev–Trinajstić information content (AvgIpc) is 2.36. The van der Waals surface area contributed by atoms with E-state index in [0.717, 1.165) is 31.5 Å². The lowest BCUT2D eigenvalue weighted by molar-refractivity contribution is 0.415. The van der Waals surface area contributed by atoms with Crippen LogP contribution in [0.5, 0.6) is 0 Å². The first kappa shape index (κ1) is 15.9. The molecule has 0 aliphatic carbocycles. The lowest BCUT2D eigenvalue weighted by atomic mass is 10.0. The second-order valence-corrected chi connectivity index (χ2v) is 5.34. The number of para-hydroxylation sites is 1. The summed E-state index contributed by atoms with van der Waals surface area (Å²) in [4.78, 5) is 4.07. The summed E-state index contributed by atoms with van der Waals surface area (Å²) in [7, 11) is 5.97. The molecule has 1 aromatic rings. The lowest BCUT2D eigenvalue weighted by Gasteiger charge is -2.25. The molecule has 1 aromatic carbocycles. The van der Waals surface area contributed by atoms with Gasteiger partial charge < -0.3 is 15.5 Å². The molecule has 0 aliphatic rings. The van der Waals surface area contributed by atoms with E-state index in [4.69, 9.17) is 5.73 Å². The maximum absolute atomic E-state index is 14.1. The van der Waals surface area contributed by atoms with Gasteiger partial charge in [-0.05, 0) is 38.6 Å². The highest BCUT2D eigenvalue weighted by molar-refractivity contribution is 5.54. The summed E-state index contributed by atoms with van der Waals surface area (Å²) in [6, 6.07) is 5.33. The van der Waals surface area contributed by atoms with Crippen LogP contribution in [0.4, 0.5) is 10.1 Å². The fourth-order valence-corrected chi connectivity index (χ4v) is 2.04. The summed E-state index contributed by atoms with van der Waals surface area (Å²) < 4.78 is 14.1. The van der Waals surface area contributed by atoms with E-state index >= 15 is 0 Å². The summed E-state index contributed by atoms with van der Waals surface area (Å²) in [5.41, 5.74) is 7.68. The van der Waals surface area contributed by atoms with Gasteiger partial charge in [-0.1, -0.05) is 19.1 Å². The zero-order valence-electron chi connectivity index (χ0n) is 12.5. The Bertz CT molecular complexity index is 393. The number of anilines is 1. The summed E-state index contributed by atoms with van der Waals surface area (Å²) in [6.45, 7) is 3.74. The van der Waals surface area contributed by atoms with Gasteiger partial charge in [-0.2, -0.15) is 0 Å². The van der Waals surface area contributed by atoms with Gasteiger partial charge >= 0.3 is 0 Å². The van der Waals surface area contributed by atoms with E-state index in [1.807, 2.05) is 32.1 Å². The van der Waals surface area contributed by atoms with Gasteiger partial charge in [-0.15, -0.1) is 0 Å². The Hall–Kier alpha value is -1.13. The molecule has 0 saturated heterocycles. The normalized spacial score (nSPS) is 12.8. The number of benzene rings is 1. The molecule has 1 unspecified atom stereocenters. The monoisotopic (exact) mass is 267 g/mol. The number of nitrogens with zero attached hydrogens (tertiary/aromatic N) is 2. The van der Waals surface area contributed by atoms with Crippen LogP contribution >= 0.6 is 0 Å². The van der Waals surface area contributed by atoms with Crippen molar-refractivity contribution in [3.63, 3.8) is 0 Å². The van der Waals surface area contributed by atoms with Crippen LogP contribution in [0, 0.1) is 5.82 Å². The summed E-state index contributed by atoms with van der Waals surface area (Å²) in [6.07, 6.45) is 1.62. The maximum Gasteiger partial charge on any atom is 0.146 e. The molecule has 0 amide bonds. The van der Waals surface area contributed by atoms with Gasteiger partial charge in [-0.3, -0.25) is 0 Å². The van der Waals surface area contributed by atoms with Crippen molar-refractivity contribution in [2.75, 3.05) is 39.1 Å². The molecule has 4 heteroatoms. The molecule has 0 aromatic heterocycles. The van der Waals surface area contributed by atoms with E-state index in [2.05, 4.69) is 11.8 Å². The molecular weight excluding hydrogens is 241 g/mol. The molecule has 0 fully saturated rings. The molecule has 19 heavy (non-hydrogen) atoms. The lowest BCUT2D eigenvalue weighted by Crippen LogP contribution is -2.30. The van der Waals surface area contributed by atoms with Crippen molar-refractivity contribution < 1.29 is 4.39 Å². The minimum absolute atomic E-state index is 0.0859. The Kier molecular flexibility index (Phi) is 6.25. The average molecular weight is 267 g/mol. The fourth-order valence-electron chi connectivity index (χ4n) is 2.04. The molecule has 0 saturated carbocycles. The van der Waals surface area contributed by atoms with Gasteiger partial charge in [0.2, 0.25) is 0 Å². The maximum atomic E-state index is 14.1.